The Morgan fingerprint density at radius 1 is 0.938 bits per heavy atom. The van der Waals surface area contributed by atoms with E-state index in [4.69, 9.17) is 0 Å². The fraction of sp³-hybridized carbons (Fsp3) is 0.538. The number of benzene rings is 1. The van der Waals surface area contributed by atoms with Crippen molar-refractivity contribution in [2.45, 2.75) is 45.7 Å². The molecule has 90 valence electrons. The van der Waals surface area contributed by atoms with Crippen LogP contribution in [0.3, 0.4) is 0 Å². The summed E-state index contributed by atoms with van der Waals surface area (Å²) in [6.45, 7) is 7.53. The molecule has 1 aromatic carbocycles. The fourth-order valence-corrected chi connectivity index (χ4v) is 1.68. The number of hydrogen-bond donors (Lipinski definition) is 0. The molecule has 0 unspecified atom stereocenters. The summed E-state index contributed by atoms with van der Waals surface area (Å²) in [5.74, 6) is 0.134. The molecular formula is C13H17F3. The third-order valence-corrected chi connectivity index (χ3v) is 2.67. The highest BCUT2D eigenvalue weighted by molar-refractivity contribution is 5.37. The van der Waals surface area contributed by atoms with E-state index in [1.165, 1.54) is 6.07 Å². The van der Waals surface area contributed by atoms with Crippen LogP contribution in [-0.2, 0) is 6.18 Å². The van der Waals surface area contributed by atoms with Crippen molar-refractivity contribution in [1.82, 2.24) is 0 Å². The van der Waals surface area contributed by atoms with Gasteiger partial charge in [0.25, 0.3) is 0 Å². The number of rotatable bonds is 2. The second-order valence-corrected chi connectivity index (χ2v) is 4.65. The number of alkyl halides is 3. The van der Waals surface area contributed by atoms with Gasteiger partial charge in [-0.2, -0.15) is 13.2 Å². The van der Waals surface area contributed by atoms with Gasteiger partial charge < -0.3 is 0 Å². The molecule has 0 atom stereocenters. The maximum Gasteiger partial charge on any atom is 0.416 e. The van der Waals surface area contributed by atoms with Crippen LogP contribution in [0.15, 0.2) is 18.2 Å². The largest absolute Gasteiger partial charge is 0.416 e. The molecular weight excluding hydrogens is 213 g/mol. The van der Waals surface area contributed by atoms with Crippen molar-refractivity contribution in [3.63, 3.8) is 0 Å². The van der Waals surface area contributed by atoms with Crippen LogP contribution in [0.5, 0.6) is 0 Å². The average molecular weight is 230 g/mol. The molecule has 0 aliphatic rings. The zero-order valence-electron chi connectivity index (χ0n) is 10.0. The van der Waals surface area contributed by atoms with E-state index in [-0.39, 0.29) is 11.8 Å². The molecule has 0 amide bonds. The molecule has 0 nitrogen and oxygen atoms in total. The highest BCUT2D eigenvalue weighted by Gasteiger charge is 2.33. The maximum atomic E-state index is 12.7. The molecule has 1 aromatic rings. The Bertz CT molecular complexity index is 362. The van der Waals surface area contributed by atoms with Crippen LogP contribution in [-0.4, -0.2) is 0 Å². The molecule has 0 fully saturated rings. The molecule has 0 saturated carbocycles. The van der Waals surface area contributed by atoms with E-state index >= 15 is 0 Å². The second-order valence-electron chi connectivity index (χ2n) is 4.65. The van der Waals surface area contributed by atoms with E-state index in [1.54, 1.807) is 26.0 Å². The average Bonchev–Trinajstić information content (AvgIpc) is 2.15. The van der Waals surface area contributed by atoms with Crippen LogP contribution in [0.2, 0.25) is 0 Å². The summed E-state index contributed by atoms with van der Waals surface area (Å²) in [6.07, 6.45) is -4.25. The number of hydrogen-bond acceptors (Lipinski definition) is 0. The van der Waals surface area contributed by atoms with Gasteiger partial charge in [-0.05, 0) is 29.0 Å². The summed E-state index contributed by atoms with van der Waals surface area (Å²) in [5.41, 5.74) is 0.835. The van der Waals surface area contributed by atoms with Crippen molar-refractivity contribution in [3.05, 3.63) is 34.9 Å². The van der Waals surface area contributed by atoms with Crippen molar-refractivity contribution in [2.75, 3.05) is 0 Å². The van der Waals surface area contributed by atoms with Gasteiger partial charge in [0, 0.05) is 0 Å². The van der Waals surface area contributed by atoms with E-state index in [9.17, 15) is 13.2 Å². The zero-order chi connectivity index (χ0) is 12.5. The Kier molecular flexibility index (Phi) is 3.66. The fourth-order valence-electron chi connectivity index (χ4n) is 1.68. The lowest BCUT2D eigenvalue weighted by Crippen LogP contribution is -2.10. The molecule has 0 spiro atoms. The van der Waals surface area contributed by atoms with Crippen LogP contribution < -0.4 is 0 Å². The lowest BCUT2D eigenvalue weighted by atomic mass is 9.91. The highest BCUT2D eigenvalue weighted by atomic mass is 19.4. The first kappa shape index (κ1) is 13.1. The van der Waals surface area contributed by atoms with Crippen molar-refractivity contribution in [3.8, 4) is 0 Å². The molecule has 3 heteroatoms. The van der Waals surface area contributed by atoms with Crippen LogP contribution >= 0.6 is 0 Å². The Balaban J connectivity index is 3.31. The molecule has 0 saturated heterocycles. The van der Waals surface area contributed by atoms with Crippen molar-refractivity contribution >= 4 is 0 Å². The van der Waals surface area contributed by atoms with Gasteiger partial charge in [0.05, 0.1) is 5.56 Å². The second kappa shape index (κ2) is 4.48. The summed E-state index contributed by atoms with van der Waals surface area (Å²) in [7, 11) is 0. The van der Waals surface area contributed by atoms with Crippen LogP contribution in [0.4, 0.5) is 13.2 Å². The molecule has 0 aliphatic heterocycles. The minimum absolute atomic E-state index is 0.115. The molecule has 0 radical (unpaired) electrons. The predicted molar refractivity (Wildman–Crippen MR) is 59.6 cm³/mol. The summed E-state index contributed by atoms with van der Waals surface area (Å²) >= 11 is 0. The van der Waals surface area contributed by atoms with Gasteiger partial charge in [0.1, 0.15) is 0 Å². The molecule has 1 rings (SSSR count). The Morgan fingerprint density at radius 2 is 1.50 bits per heavy atom. The third-order valence-electron chi connectivity index (χ3n) is 2.67. The standard InChI is InChI=1S/C13H17F3/c1-8(2)10-5-6-12(13(14,15)16)11(7-10)9(3)4/h5-9H,1-4H3. The topological polar surface area (TPSA) is 0 Å². The zero-order valence-corrected chi connectivity index (χ0v) is 10.0. The predicted octanol–water partition coefficient (Wildman–Crippen LogP) is 4.95. The van der Waals surface area contributed by atoms with Crippen LogP contribution in [0.25, 0.3) is 0 Å². The van der Waals surface area contributed by atoms with Crippen molar-refractivity contribution < 1.29 is 13.2 Å². The molecule has 0 N–H and O–H groups in total. The van der Waals surface area contributed by atoms with E-state index in [0.717, 1.165) is 5.56 Å². The Hall–Kier alpha value is -0.990. The molecule has 0 aliphatic carbocycles. The SMILES string of the molecule is CC(C)c1ccc(C(F)(F)F)c(C(C)C)c1. The molecule has 16 heavy (non-hydrogen) atoms. The van der Waals surface area contributed by atoms with Crippen LogP contribution in [0.1, 0.15) is 56.2 Å². The molecule has 0 bridgehead atoms. The Labute approximate surface area is 94.5 Å². The maximum absolute atomic E-state index is 12.7. The van der Waals surface area contributed by atoms with Gasteiger partial charge >= 0.3 is 6.18 Å². The first-order valence-corrected chi connectivity index (χ1v) is 5.44. The molecule has 0 heterocycles. The summed E-state index contributed by atoms with van der Waals surface area (Å²) in [4.78, 5) is 0. The quantitative estimate of drug-likeness (QED) is 0.674. The number of halogens is 3. The minimum Gasteiger partial charge on any atom is -0.166 e. The monoisotopic (exact) mass is 230 g/mol. The summed E-state index contributed by atoms with van der Waals surface area (Å²) in [6, 6.07) is 4.45. The van der Waals surface area contributed by atoms with E-state index in [2.05, 4.69) is 0 Å². The van der Waals surface area contributed by atoms with Gasteiger partial charge in [-0.3, -0.25) is 0 Å². The van der Waals surface area contributed by atoms with E-state index < -0.39 is 11.7 Å². The lowest BCUT2D eigenvalue weighted by molar-refractivity contribution is -0.138. The smallest absolute Gasteiger partial charge is 0.166 e. The first-order valence-electron chi connectivity index (χ1n) is 5.44. The lowest BCUT2D eigenvalue weighted by Gasteiger charge is -2.18. The molecule has 0 aromatic heterocycles. The summed E-state index contributed by atoms with van der Waals surface area (Å²) < 4.78 is 38.2. The van der Waals surface area contributed by atoms with E-state index in [0.29, 0.717) is 5.56 Å². The summed E-state index contributed by atoms with van der Waals surface area (Å²) in [5, 5.41) is 0. The Morgan fingerprint density at radius 3 is 1.88 bits per heavy atom. The first-order chi connectivity index (χ1) is 7.23. The van der Waals surface area contributed by atoms with Gasteiger partial charge in [-0.25, -0.2) is 0 Å². The van der Waals surface area contributed by atoms with Gasteiger partial charge in [0.15, 0.2) is 0 Å². The van der Waals surface area contributed by atoms with Crippen LogP contribution in [0, 0.1) is 0 Å². The highest BCUT2D eigenvalue weighted by Crippen LogP contribution is 2.36. The van der Waals surface area contributed by atoms with E-state index in [1.807, 2.05) is 13.8 Å². The van der Waals surface area contributed by atoms with Crippen molar-refractivity contribution in [1.29, 1.82) is 0 Å². The van der Waals surface area contributed by atoms with Gasteiger partial charge in [-0.1, -0.05) is 39.8 Å². The van der Waals surface area contributed by atoms with Gasteiger partial charge in [0.2, 0.25) is 0 Å². The third kappa shape index (κ3) is 2.77. The van der Waals surface area contributed by atoms with Gasteiger partial charge in [-0.15, -0.1) is 0 Å². The minimum atomic E-state index is -4.25. The normalized spacial score (nSPS) is 12.6. The van der Waals surface area contributed by atoms with Crippen molar-refractivity contribution in [2.24, 2.45) is 0 Å².